The molecule has 0 aliphatic heterocycles. The van der Waals surface area contributed by atoms with E-state index in [0.717, 1.165) is 29.4 Å². The predicted octanol–water partition coefficient (Wildman–Crippen LogP) is 3.49. The quantitative estimate of drug-likeness (QED) is 0.907. The van der Waals surface area contributed by atoms with E-state index in [1.807, 2.05) is 36.0 Å². The lowest BCUT2D eigenvalue weighted by Gasteiger charge is -2.08. The highest BCUT2D eigenvalue weighted by atomic mass is 35.5. The van der Waals surface area contributed by atoms with Gasteiger partial charge in [-0.2, -0.15) is 5.10 Å². The maximum atomic E-state index is 6.14. The minimum absolute atomic E-state index is 0.443. The molecule has 1 aromatic carbocycles. The van der Waals surface area contributed by atoms with E-state index in [0.29, 0.717) is 5.92 Å². The molecule has 1 N–H and O–H groups in total. The lowest BCUT2D eigenvalue weighted by molar-refractivity contribution is 0.678. The molecule has 1 aromatic heterocycles. The van der Waals surface area contributed by atoms with Gasteiger partial charge in [0.05, 0.1) is 5.69 Å². The molecule has 0 saturated carbocycles. The third-order valence-corrected chi connectivity index (χ3v) is 3.44. The van der Waals surface area contributed by atoms with Crippen LogP contribution >= 0.6 is 11.6 Å². The first-order valence-electron chi connectivity index (χ1n) is 6.54. The second-order valence-electron chi connectivity index (χ2n) is 5.06. The fraction of sp³-hybridized carbons (Fsp3) is 0.400. The Morgan fingerprint density at radius 3 is 2.58 bits per heavy atom. The molecule has 1 heterocycles. The Morgan fingerprint density at radius 2 is 1.89 bits per heavy atom. The van der Waals surface area contributed by atoms with Gasteiger partial charge >= 0.3 is 0 Å². The molecule has 0 aliphatic carbocycles. The van der Waals surface area contributed by atoms with Crippen LogP contribution in [0.2, 0.25) is 5.02 Å². The SMILES string of the molecule is CC(C)c1nn(C)cc1CNCc1ccccc1Cl. The summed E-state index contributed by atoms with van der Waals surface area (Å²) < 4.78 is 1.88. The topological polar surface area (TPSA) is 29.9 Å². The summed E-state index contributed by atoms with van der Waals surface area (Å²) >= 11 is 6.14. The van der Waals surface area contributed by atoms with E-state index in [-0.39, 0.29) is 0 Å². The predicted molar refractivity (Wildman–Crippen MR) is 79.3 cm³/mol. The first kappa shape index (κ1) is 14.1. The van der Waals surface area contributed by atoms with Crippen molar-refractivity contribution in [3.63, 3.8) is 0 Å². The van der Waals surface area contributed by atoms with Gasteiger partial charge in [-0.05, 0) is 17.5 Å². The van der Waals surface area contributed by atoms with Crippen molar-refractivity contribution < 1.29 is 0 Å². The van der Waals surface area contributed by atoms with Crippen molar-refractivity contribution in [2.75, 3.05) is 0 Å². The summed E-state index contributed by atoms with van der Waals surface area (Å²) in [6.07, 6.45) is 2.08. The van der Waals surface area contributed by atoms with Gasteiger partial charge in [0, 0.05) is 36.9 Å². The highest BCUT2D eigenvalue weighted by molar-refractivity contribution is 6.31. The number of nitrogens with zero attached hydrogens (tertiary/aromatic N) is 2. The molecule has 2 aromatic rings. The van der Waals surface area contributed by atoms with E-state index in [9.17, 15) is 0 Å². The van der Waals surface area contributed by atoms with Crippen LogP contribution < -0.4 is 5.32 Å². The van der Waals surface area contributed by atoms with E-state index in [1.165, 1.54) is 5.56 Å². The first-order chi connectivity index (χ1) is 9.08. The molecular formula is C15H20ClN3. The van der Waals surface area contributed by atoms with E-state index >= 15 is 0 Å². The van der Waals surface area contributed by atoms with Crippen LogP contribution in [0.3, 0.4) is 0 Å². The van der Waals surface area contributed by atoms with E-state index in [4.69, 9.17) is 11.6 Å². The largest absolute Gasteiger partial charge is 0.308 e. The highest BCUT2D eigenvalue weighted by Crippen LogP contribution is 2.18. The van der Waals surface area contributed by atoms with Gasteiger partial charge in [-0.1, -0.05) is 43.6 Å². The Bertz CT molecular complexity index is 546. The van der Waals surface area contributed by atoms with Crippen molar-refractivity contribution in [2.24, 2.45) is 7.05 Å². The molecule has 102 valence electrons. The second-order valence-corrected chi connectivity index (χ2v) is 5.47. The average Bonchev–Trinajstić information content (AvgIpc) is 2.73. The minimum Gasteiger partial charge on any atom is -0.308 e. The molecule has 4 heteroatoms. The Labute approximate surface area is 119 Å². The second kappa shape index (κ2) is 6.22. The zero-order chi connectivity index (χ0) is 13.8. The van der Waals surface area contributed by atoms with Gasteiger partial charge < -0.3 is 5.32 Å². The third-order valence-electron chi connectivity index (χ3n) is 3.07. The van der Waals surface area contributed by atoms with Crippen molar-refractivity contribution in [2.45, 2.75) is 32.9 Å². The maximum Gasteiger partial charge on any atom is 0.0694 e. The summed E-state index contributed by atoms with van der Waals surface area (Å²) in [4.78, 5) is 0. The number of hydrogen-bond donors (Lipinski definition) is 1. The lowest BCUT2D eigenvalue weighted by Crippen LogP contribution is -2.14. The summed E-state index contributed by atoms with van der Waals surface area (Å²) in [5.41, 5.74) is 3.54. The normalized spacial score (nSPS) is 11.2. The molecule has 0 amide bonds. The number of hydrogen-bond acceptors (Lipinski definition) is 2. The molecule has 0 unspecified atom stereocenters. The summed E-state index contributed by atoms with van der Waals surface area (Å²) in [7, 11) is 1.96. The van der Waals surface area contributed by atoms with Crippen LogP contribution in [0.4, 0.5) is 0 Å². The molecule has 3 nitrogen and oxygen atoms in total. The smallest absolute Gasteiger partial charge is 0.0694 e. The number of benzene rings is 1. The van der Waals surface area contributed by atoms with Gasteiger partial charge in [0.25, 0.3) is 0 Å². The fourth-order valence-electron chi connectivity index (χ4n) is 2.15. The van der Waals surface area contributed by atoms with Crippen LogP contribution in [0.5, 0.6) is 0 Å². The molecule has 0 bridgehead atoms. The van der Waals surface area contributed by atoms with Gasteiger partial charge in [-0.25, -0.2) is 0 Å². The van der Waals surface area contributed by atoms with Crippen molar-refractivity contribution >= 4 is 11.6 Å². The average molecular weight is 278 g/mol. The summed E-state index contributed by atoms with van der Waals surface area (Å²) in [6.45, 7) is 5.92. The molecule has 2 rings (SSSR count). The van der Waals surface area contributed by atoms with E-state index < -0.39 is 0 Å². The fourth-order valence-corrected chi connectivity index (χ4v) is 2.35. The van der Waals surface area contributed by atoms with Gasteiger partial charge in [-0.3, -0.25) is 4.68 Å². The number of aryl methyl sites for hydroxylation is 1. The van der Waals surface area contributed by atoms with Crippen LogP contribution in [0.15, 0.2) is 30.5 Å². The van der Waals surface area contributed by atoms with Gasteiger partial charge in [0.1, 0.15) is 0 Å². The minimum atomic E-state index is 0.443. The number of nitrogens with one attached hydrogen (secondary N) is 1. The summed E-state index contributed by atoms with van der Waals surface area (Å²) in [5, 5.41) is 8.74. The monoisotopic (exact) mass is 277 g/mol. The lowest BCUT2D eigenvalue weighted by atomic mass is 10.1. The zero-order valence-corrected chi connectivity index (χ0v) is 12.4. The summed E-state index contributed by atoms with van der Waals surface area (Å²) in [5.74, 6) is 0.443. The van der Waals surface area contributed by atoms with Crippen molar-refractivity contribution in [1.82, 2.24) is 15.1 Å². The molecule has 0 saturated heterocycles. The number of aromatic nitrogens is 2. The molecule has 19 heavy (non-hydrogen) atoms. The number of halogens is 1. The van der Waals surface area contributed by atoms with Crippen LogP contribution in [0.1, 0.15) is 36.6 Å². The Morgan fingerprint density at radius 1 is 1.21 bits per heavy atom. The third kappa shape index (κ3) is 3.58. The van der Waals surface area contributed by atoms with Crippen LogP contribution in [0.25, 0.3) is 0 Å². The molecular weight excluding hydrogens is 258 g/mol. The van der Waals surface area contributed by atoms with Crippen LogP contribution in [-0.4, -0.2) is 9.78 Å². The molecule has 0 spiro atoms. The Balaban J connectivity index is 1.98. The standard InChI is InChI=1S/C15H20ClN3/c1-11(2)15-13(10-19(3)18-15)9-17-8-12-6-4-5-7-14(12)16/h4-7,10-11,17H,8-9H2,1-3H3. The first-order valence-corrected chi connectivity index (χ1v) is 6.92. The molecule has 0 atom stereocenters. The Hall–Kier alpha value is -1.32. The van der Waals surface area contributed by atoms with Crippen molar-refractivity contribution in [3.8, 4) is 0 Å². The van der Waals surface area contributed by atoms with Gasteiger partial charge in [-0.15, -0.1) is 0 Å². The Kier molecular flexibility index (Phi) is 4.61. The van der Waals surface area contributed by atoms with Crippen molar-refractivity contribution in [1.29, 1.82) is 0 Å². The summed E-state index contributed by atoms with van der Waals surface area (Å²) in [6, 6.07) is 7.92. The van der Waals surface area contributed by atoms with Crippen LogP contribution in [0, 0.1) is 0 Å². The molecule has 0 aliphatic rings. The van der Waals surface area contributed by atoms with Gasteiger partial charge in [0.2, 0.25) is 0 Å². The molecule has 0 radical (unpaired) electrons. The number of rotatable bonds is 5. The zero-order valence-electron chi connectivity index (χ0n) is 11.7. The van der Waals surface area contributed by atoms with Crippen molar-refractivity contribution in [3.05, 3.63) is 52.3 Å². The van der Waals surface area contributed by atoms with E-state index in [2.05, 4.69) is 30.5 Å². The van der Waals surface area contributed by atoms with E-state index in [1.54, 1.807) is 0 Å². The highest BCUT2D eigenvalue weighted by Gasteiger charge is 2.10. The van der Waals surface area contributed by atoms with Crippen LogP contribution in [-0.2, 0) is 20.1 Å². The maximum absolute atomic E-state index is 6.14. The van der Waals surface area contributed by atoms with Gasteiger partial charge in [0.15, 0.2) is 0 Å². The molecule has 0 fully saturated rings.